The van der Waals surface area contributed by atoms with Crippen molar-refractivity contribution in [1.29, 1.82) is 0 Å². The number of ether oxygens (including phenoxy) is 2. The van der Waals surface area contributed by atoms with Crippen LogP contribution in [0.4, 0.5) is 5.69 Å². The molecule has 0 bridgehead atoms. The lowest BCUT2D eigenvalue weighted by molar-refractivity contribution is -0.140. The molecule has 0 aliphatic heterocycles. The van der Waals surface area contributed by atoms with Crippen molar-refractivity contribution in [2.45, 2.75) is 55.6 Å². The van der Waals surface area contributed by atoms with Crippen LogP contribution in [-0.4, -0.2) is 50.9 Å². The van der Waals surface area contributed by atoms with Crippen molar-refractivity contribution in [3.05, 3.63) is 151 Å². The van der Waals surface area contributed by atoms with Crippen LogP contribution in [0.1, 0.15) is 36.8 Å². The Balaban J connectivity index is 1.38. The van der Waals surface area contributed by atoms with E-state index in [9.17, 15) is 18.0 Å². The first-order valence-corrected chi connectivity index (χ1v) is 18.9. The number of methoxy groups -OCH3 is 1. The molecule has 5 aromatic rings. The second-order valence-electron chi connectivity index (χ2n) is 12.8. The zero-order chi connectivity index (χ0) is 36.3. The largest absolute Gasteiger partial charge is 0.497 e. The number of para-hydroxylation sites is 1. The molecular weight excluding hydrogens is 675 g/mol. The van der Waals surface area contributed by atoms with Crippen LogP contribution in [0.3, 0.4) is 0 Å². The summed E-state index contributed by atoms with van der Waals surface area (Å²) in [5, 5.41) is 3.21. The van der Waals surface area contributed by atoms with Gasteiger partial charge in [-0.25, -0.2) is 8.42 Å². The molecule has 1 aliphatic rings. The minimum Gasteiger partial charge on any atom is -0.497 e. The molecule has 1 atom stereocenters. The van der Waals surface area contributed by atoms with E-state index in [4.69, 9.17) is 9.47 Å². The molecule has 1 aliphatic carbocycles. The van der Waals surface area contributed by atoms with E-state index in [0.717, 1.165) is 41.1 Å². The summed E-state index contributed by atoms with van der Waals surface area (Å²) in [5.41, 5.74) is 1.88. The molecule has 5 aromatic carbocycles. The normalized spacial score (nSPS) is 13.6. The van der Waals surface area contributed by atoms with Gasteiger partial charge in [-0.05, 0) is 84.6 Å². The predicted molar refractivity (Wildman–Crippen MR) is 202 cm³/mol. The fourth-order valence-corrected chi connectivity index (χ4v) is 7.88. The molecule has 52 heavy (non-hydrogen) atoms. The minimum absolute atomic E-state index is 0.0196. The van der Waals surface area contributed by atoms with Crippen LogP contribution in [0.2, 0.25) is 0 Å². The fraction of sp³-hybridized carbons (Fsp3) is 0.238. The monoisotopic (exact) mass is 717 g/mol. The average molecular weight is 718 g/mol. The topological polar surface area (TPSA) is 105 Å². The van der Waals surface area contributed by atoms with Gasteiger partial charge in [0.1, 0.15) is 29.8 Å². The van der Waals surface area contributed by atoms with Crippen molar-refractivity contribution < 1.29 is 27.5 Å². The second kappa shape index (κ2) is 17.1. The number of sulfonamides is 1. The van der Waals surface area contributed by atoms with Crippen LogP contribution in [0.25, 0.3) is 0 Å². The fourth-order valence-electron chi connectivity index (χ4n) is 6.44. The number of hydrogen-bond donors (Lipinski definition) is 1. The summed E-state index contributed by atoms with van der Waals surface area (Å²) in [5.74, 6) is 0.935. The minimum atomic E-state index is -4.24. The molecule has 0 aromatic heterocycles. The van der Waals surface area contributed by atoms with Crippen LogP contribution in [0, 0.1) is 0 Å². The van der Waals surface area contributed by atoms with Crippen molar-refractivity contribution in [3.8, 4) is 17.2 Å². The number of rotatable bonds is 15. The Morgan fingerprint density at radius 2 is 1.31 bits per heavy atom. The third-order valence-corrected chi connectivity index (χ3v) is 11.0. The van der Waals surface area contributed by atoms with Crippen LogP contribution in [0.15, 0.2) is 144 Å². The molecule has 0 radical (unpaired) electrons. The van der Waals surface area contributed by atoms with Crippen LogP contribution in [0.5, 0.6) is 17.2 Å². The quantitative estimate of drug-likeness (QED) is 0.121. The lowest BCUT2D eigenvalue weighted by Gasteiger charge is -2.34. The van der Waals surface area contributed by atoms with Gasteiger partial charge in [-0.1, -0.05) is 91.7 Å². The number of benzene rings is 5. The molecule has 1 N–H and O–H groups in total. The highest BCUT2D eigenvalue weighted by atomic mass is 32.2. The van der Waals surface area contributed by atoms with E-state index in [-0.39, 0.29) is 35.5 Å². The lowest BCUT2D eigenvalue weighted by atomic mass is 10.0. The number of nitrogens with one attached hydrogen (secondary N) is 1. The summed E-state index contributed by atoms with van der Waals surface area (Å²) in [7, 11) is -2.67. The van der Waals surface area contributed by atoms with Gasteiger partial charge < -0.3 is 19.7 Å². The maximum absolute atomic E-state index is 14.8. The first-order chi connectivity index (χ1) is 25.3. The summed E-state index contributed by atoms with van der Waals surface area (Å²) in [6, 6.07) is 39.8. The predicted octanol–water partition coefficient (Wildman–Crippen LogP) is 7.38. The highest BCUT2D eigenvalue weighted by Gasteiger charge is 2.35. The molecule has 268 valence electrons. The van der Waals surface area contributed by atoms with Gasteiger partial charge in [0.2, 0.25) is 11.8 Å². The average Bonchev–Trinajstić information content (AvgIpc) is 3.70. The summed E-state index contributed by atoms with van der Waals surface area (Å²) < 4.78 is 41.3. The molecule has 0 saturated heterocycles. The van der Waals surface area contributed by atoms with Gasteiger partial charge in [-0.15, -0.1) is 0 Å². The van der Waals surface area contributed by atoms with E-state index in [0.29, 0.717) is 17.2 Å². The number of carbonyl (C=O) groups excluding carboxylic acids is 2. The van der Waals surface area contributed by atoms with Crippen LogP contribution < -0.4 is 19.1 Å². The van der Waals surface area contributed by atoms with Gasteiger partial charge in [0, 0.05) is 19.0 Å². The third kappa shape index (κ3) is 9.18. The molecule has 9 nitrogen and oxygen atoms in total. The first kappa shape index (κ1) is 36.2. The Kier molecular flexibility index (Phi) is 11.9. The molecule has 2 amide bonds. The molecule has 0 unspecified atom stereocenters. The summed E-state index contributed by atoms with van der Waals surface area (Å²) >= 11 is 0. The molecule has 10 heteroatoms. The van der Waals surface area contributed by atoms with Crippen molar-refractivity contribution in [1.82, 2.24) is 10.2 Å². The molecule has 1 saturated carbocycles. The number of amides is 2. The number of anilines is 1. The van der Waals surface area contributed by atoms with Crippen molar-refractivity contribution in [2.24, 2.45) is 0 Å². The Hall–Kier alpha value is -5.61. The van der Waals surface area contributed by atoms with E-state index in [2.05, 4.69) is 5.32 Å². The molecular formula is C42H43N3O6S. The van der Waals surface area contributed by atoms with Gasteiger partial charge in [-0.3, -0.25) is 13.9 Å². The zero-order valence-corrected chi connectivity index (χ0v) is 30.0. The van der Waals surface area contributed by atoms with Gasteiger partial charge in [0.05, 0.1) is 17.7 Å². The SMILES string of the molecule is COc1cccc(CN(C(=O)CN(c2ccc(Oc3ccccc3)cc2)S(=O)(=O)c2ccccc2)[C@H](Cc2ccccc2)C(=O)NC2CCCC2)c1. The summed E-state index contributed by atoms with van der Waals surface area (Å²) in [4.78, 5) is 30.6. The maximum Gasteiger partial charge on any atom is 0.264 e. The Labute approximate surface area is 305 Å². The molecule has 0 spiro atoms. The van der Waals surface area contributed by atoms with Crippen LogP contribution in [-0.2, 0) is 32.6 Å². The van der Waals surface area contributed by atoms with E-state index in [1.807, 2.05) is 84.9 Å². The van der Waals surface area contributed by atoms with Crippen molar-refractivity contribution in [3.63, 3.8) is 0 Å². The van der Waals surface area contributed by atoms with Gasteiger partial charge in [0.25, 0.3) is 10.0 Å². The smallest absolute Gasteiger partial charge is 0.264 e. The Morgan fingerprint density at radius 1 is 0.731 bits per heavy atom. The van der Waals surface area contributed by atoms with Gasteiger partial charge >= 0.3 is 0 Å². The molecule has 6 rings (SSSR count). The highest BCUT2D eigenvalue weighted by Crippen LogP contribution is 2.29. The van der Waals surface area contributed by atoms with E-state index in [1.165, 1.54) is 17.0 Å². The Morgan fingerprint density at radius 3 is 1.96 bits per heavy atom. The lowest BCUT2D eigenvalue weighted by Crippen LogP contribution is -2.54. The summed E-state index contributed by atoms with van der Waals surface area (Å²) in [6.07, 6.45) is 4.05. The number of nitrogens with zero attached hydrogens (tertiary/aromatic N) is 2. The van der Waals surface area contributed by atoms with Gasteiger partial charge in [0.15, 0.2) is 0 Å². The molecule has 0 heterocycles. The van der Waals surface area contributed by atoms with Crippen molar-refractivity contribution >= 4 is 27.5 Å². The zero-order valence-electron chi connectivity index (χ0n) is 29.1. The molecule has 1 fully saturated rings. The third-order valence-electron chi connectivity index (χ3n) is 9.17. The van der Waals surface area contributed by atoms with E-state index in [1.54, 1.807) is 49.6 Å². The van der Waals surface area contributed by atoms with Crippen molar-refractivity contribution in [2.75, 3.05) is 18.0 Å². The first-order valence-electron chi connectivity index (χ1n) is 17.5. The standard InChI is InChI=1S/C42H43N3O6S/c1-50-38-21-13-16-33(28-38)30-44(40(29-32-14-5-2-6-15-32)42(47)43-34-17-11-12-18-34)41(46)31-45(52(48,49)39-22-9-4-10-23-39)35-24-26-37(27-25-35)51-36-19-7-3-8-20-36/h2-10,13-16,19-28,34,40H,11-12,17-18,29-31H2,1H3,(H,43,47)/t40-/m1/s1. The maximum atomic E-state index is 14.8. The number of hydrogen-bond acceptors (Lipinski definition) is 6. The van der Waals surface area contributed by atoms with Crippen LogP contribution >= 0.6 is 0 Å². The van der Waals surface area contributed by atoms with E-state index >= 15 is 0 Å². The van der Waals surface area contributed by atoms with E-state index < -0.39 is 28.5 Å². The highest BCUT2D eigenvalue weighted by molar-refractivity contribution is 7.92. The van der Waals surface area contributed by atoms with Gasteiger partial charge in [-0.2, -0.15) is 0 Å². The second-order valence-corrected chi connectivity index (χ2v) is 14.7. The Bertz CT molecular complexity index is 2020. The number of carbonyl (C=O) groups is 2. The summed E-state index contributed by atoms with van der Waals surface area (Å²) in [6.45, 7) is -0.503.